The molecule has 19 heavy (non-hydrogen) atoms. The summed E-state index contributed by atoms with van der Waals surface area (Å²) in [7, 11) is 0. The first-order valence-corrected chi connectivity index (χ1v) is 8.34. The highest BCUT2D eigenvalue weighted by Gasteiger charge is 2.28. The van der Waals surface area contributed by atoms with Crippen LogP contribution in [0.25, 0.3) is 0 Å². The molecule has 106 valence electrons. The maximum atomic E-state index is 6.29. The number of hydrogen-bond acceptors (Lipinski definition) is 3. The molecular weight excluding hydrogens is 252 g/mol. The molecule has 0 spiro atoms. The molecule has 2 rings (SSSR count). The fourth-order valence-corrected chi connectivity index (χ4v) is 4.15. The number of benzene rings is 1. The van der Waals surface area contributed by atoms with Crippen molar-refractivity contribution in [1.82, 2.24) is 4.90 Å². The Morgan fingerprint density at radius 2 is 2.26 bits per heavy atom. The standard InChI is InChI=1S/C16H26N2S/c1-4-15-11-18(8-9-19-15)16(13(3)17)14-7-5-6-12(2)10-14/h5-7,10,13,15-16H,4,8-9,11,17H2,1-3H3. The molecule has 1 fully saturated rings. The Bertz CT molecular complexity index is 405. The Morgan fingerprint density at radius 1 is 1.47 bits per heavy atom. The zero-order valence-electron chi connectivity index (χ0n) is 12.3. The first-order valence-electron chi connectivity index (χ1n) is 7.29. The number of nitrogens with zero attached hydrogens (tertiary/aromatic N) is 1. The van der Waals surface area contributed by atoms with Gasteiger partial charge in [-0.25, -0.2) is 0 Å². The minimum Gasteiger partial charge on any atom is -0.326 e. The molecule has 3 heteroatoms. The average Bonchev–Trinajstić information content (AvgIpc) is 2.39. The SMILES string of the molecule is CCC1CN(C(c2cccc(C)c2)C(C)N)CCS1. The van der Waals surface area contributed by atoms with E-state index < -0.39 is 0 Å². The maximum absolute atomic E-state index is 6.29. The summed E-state index contributed by atoms with van der Waals surface area (Å²) in [4.78, 5) is 2.59. The molecule has 1 heterocycles. The van der Waals surface area contributed by atoms with Crippen molar-refractivity contribution in [3.05, 3.63) is 35.4 Å². The van der Waals surface area contributed by atoms with Gasteiger partial charge in [-0.1, -0.05) is 36.8 Å². The molecule has 1 aromatic carbocycles. The van der Waals surface area contributed by atoms with Crippen LogP contribution in [0, 0.1) is 6.92 Å². The van der Waals surface area contributed by atoms with Crippen LogP contribution in [0.4, 0.5) is 0 Å². The van der Waals surface area contributed by atoms with E-state index in [4.69, 9.17) is 5.73 Å². The van der Waals surface area contributed by atoms with Crippen LogP contribution in [0.2, 0.25) is 0 Å². The van der Waals surface area contributed by atoms with E-state index in [0.717, 1.165) is 11.8 Å². The van der Waals surface area contributed by atoms with E-state index in [1.807, 2.05) is 0 Å². The highest BCUT2D eigenvalue weighted by atomic mass is 32.2. The van der Waals surface area contributed by atoms with Crippen LogP contribution in [0.1, 0.15) is 37.4 Å². The van der Waals surface area contributed by atoms with Gasteiger partial charge in [0.05, 0.1) is 0 Å². The normalized spacial score (nSPS) is 24.1. The van der Waals surface area contributed by atoms with Crippen LogP contribution in [-0.2, 0) is 0 Å². The van der Waals surface area contributed by atoms with E-state index >= 15 is 0 Å². The number of rotatable bonds is 4. The first-order chi connectivity index (χ1) is 9.11. The number of thioether (sulfide) groups is 1. The molecule has 0 saturated carbocycles. The van der Waals surface area contributed by atoms with Gasteiger partial charge < -0.3 is 5.73 Å². The lowest BCUT2D eigenvalue weighted by Crippen LogP contribution is -2.46. The molecular formula is C16H26N2S. The van der Waals surface area contributed by atoms with Crippen molar-refractivity contribution >= 4 is 11.8 Å². The minimum atomic E-state index is 0.169. The summed E-state index contributed by atoms with van der Waals surface area (Å²) in [6, 6.07) is 9.34. The maximum Gasteiger partial charge on any atom is 0.0497 e. The molecule has 3 atom stereocenters. The second-order valence-electron chi connectivity index (χ2n) is 5.61. The zero-order chi connectivity index (χ0) is 13.8. The van der Waals surface area contributed by atoms with Crippen LogP contribution < -0.4 is 5.73 Å². The molecule has 3 unspecified atom stereocenters. The average molecular weight is 278 g/mol. The molecule has 0 bridgehead atoms. The molecule has 2 N–H and O–H groups in total. The van der Waals surface area contributed by atoms with Crippen LogP contribution in [0.5, 0.6) is 0 Å². The molecule has 0 aromatic heterocycles. The van der Waals surface area contributed by atoms with E-state index in [1.54, 1.807) is 0 Å². The second-order valence-corrected chi connectivity index (χ2v) is 7.02. The van der Waals surface area contributed by atoms with Gasteiger partial charge in [-0.3, -0.25) is 4.90 Å². The third-order valence-corrected chi connectivity index (χ3v) is 5.27. The third kappa shape index (κ3) is 3.74. The molecule has 1 aromatic rings. The Morgan fingerprint density at radius 3 is 2.89 bits per heavy atom. The van der Waals surface area contributed by atoms with Crippen molar-refractivity contribution in [3.63, 3.8) is 0 Å². The molecule has 0 aliphatic carbocycles. The van der Waals surface area contributed by atoms with Crippen molar-refractivity contribution in [1.29, 1.82) is 0 Å². The van der Waals surface area contributed by atoms with E-state index in [-0.39, 0.29) is 6.04 Å². The van der Waals surface area contributed by atoms with E-state index in [1.165, 1.54) is 29.8 Å². The van der Waals surface area contributed by atoms with Gasteiger partial charge in [-0.15, -0.1) is 0 Å². The van der Waals surface area contributed by atoms with Crippen molar-refractivity contribution in [2.75, 3.05) is 18.8 Å². The summed E-state index contributed by atoms with van der Waals surface area (Å²) < 4.78 is 0. The zero-order valence-corrected chi connectivity index (χ0v) is 13.1. The molecule has 1 aliphatic heterocycles. The fourth-order valence-electron chi connectivity index (χ4n) is 2.94. The lowest BCUT2D eigenvalue weighted by atomic mass is 9.97. The lowest BCUT2D eigenvalue weighted by Gasteiger charge is -2.40. The van der Waals surface area contributed by atoms with Crippen molar-refractivity contribution in [2.45, 2.75) is 44.5 Å². The van der Waals surface area contributed by atoms with Crippen LogP contribution in [0.15, 0.2) is 24.3 Å². The van der Waals surface area contributed by atoms with Gasteiger partial charge in [-0.2, -0.15) is 11.8 Å². The Kier molecular flexibility index (Phi) is 5.31. The summed E-state index contributed by atoms with van der Waals surface area (Å²) in [5.41, 5.74) is 8.98. The molecule has 1 saturated heterocycles. The van der Waals surface area contributed by atoms with Crippen molar-refractivity contribution < 1.29 is 0 Å². The number of aryl methyl sites for hydroxylation is 1. The number of nitrogens with two attached hydrogens (primary N) is 1. The third-order valence-electron chi connectivity index (χ3n) is 3.90. The van der Waals surface area contributed by atoms with Crippen LogP contribution in [0.3, 0.4) is 0 Å². The second kappa shape index (κ2) is 6.78. The van der Waals surface area contributed by atoms with E-state index in [0.29, 0.717) is 6.04 Å². The fraction of sp³-hybridized carbons (Fsp3) is 0.625. The quantitative estimate of drug-likeness (QED) is 0.917. The van der Waals surface area contributed by atoms with E-state index in [2.05, 4.69) is 61.7 Å². The van der Waals surface area contributed by atoms with E-state index in [9.17, 15) is 0 Å². The van der Waals surface area contributed by atoms with Gasteiger partial charge in [0.2, 0.25) is 0 Å². The molecule has 0 radical (unpaired) electrons. The lowest BCUT2D eigenvalue weighted by molar-refractivity contribution is 0.181. The minimum absolute atomic E-state index is 0.169. The molecule has 0 amide bonds. The summed E-state index contributed by atoms with van der Waals surface area (Å²) in [5.74, 6) is 1.23. The Labute approximate surface area is 121 Å². The highest BCUT2D eigenvalue weighted by molar-refractivity contribution is 8.00. The molecule has 1 aliphatic rings. The smallest absolute Gasteiger partial charge is 0.0497 e. The summed E-state index contributed by atoms with van der Waals surface area (Å²) in [5, 5.41) is 0.764. The van der Waals surface area contributed by atoms with Crippen molar-refractivity contribution in [3.8, 4) is 0 Å². The largest absolute Gasteiger partial charge is 0.326 e. The monoisotopic (exact) mass is 278 g/mol. The summed E-state index contributed by atoms with van der Waals surface area (Å²) >= 11 is 2.11. The van der Waals surface area contributed by atoms with Gasteiger partial charge in [0.1, 0.15) is 0 Å². The molecule has 2 nitrogen and oxygen atoms in total. The van der Waals surface area contributed by atoms with Gasteiger partial charge in [0.25, 0.3) is 0 Å². The summed E-state index contributed by atoms with van der Waals surface area (Å²) in [6.45, 7) is 8.90. The van der Waals surface area contributed by atoms with Crippen LogP contribution in [-0.4, -0.2) is 35.0 Å². The van der Waals surface area contributed by atoms with Gasteiger partial charge in [0.15, 0.2) is 0 Å². The van der Waals surface area contributed by atoms with Gasteiger partial charge in [-0.05, 0) is 25.8 Å². The highest BCUT2D eigenvalue weighted by Crippen LogP contribution is 2.30. The predicted octanol–water partition coefficient (Wildman–Crippen LogP) is 3.21. The topological polar surface area (TPSA) is 29.3 Å². The van der Waals surface area contributed by atoms with Crippen molar-refractivity contribution in [2.24, 2.45) is 5.73 Å². The number of hydrogen-bond donors (Lipinski definition) is 1. The van der Waals surface area contributed by atoms with Gasteiger partial charge in [0, 0.05) is 36.2 Å². The van der Waals surface area contributed by atoms with Crippen LogP contribution >= 0.6 is 11.8 Å². The summed E-state index contributed by atoms with van der Waals surface area (Å²) in [6.07, 6.45) is 1.25. The Hall–Kier alpha value is -0.510. The van der Waals surface area contributed by atoms with Gasteiger partial charge >= 0.3 is 0 Å². The predicted molar refractivity (Wildman–Crippen MR) is 85.7 cm³/mol. The Balaban J connectivity index is 2.20. The first kappa shape index (κ1) is 14.9.